The van der Waals surface area contributed by atoms with Crippen LogP contribution in [0, 0.1) is 32.5 Å². The number of hydrogen-bond acceptors (Lipinski definition) is 11. The Kier molecular flexibility index (Phi) is 7.17. The van der Waals surface area contributed by atoms with Gasteiger partial charge in [0.15, 0.2) is 9.84 Å². The summed E-state index contributed by atoms with van der Waals surface area (Å²) >= 11 is 1.48. The number of halogens is 1. The van der Waals surface area contributed by atoms with Gasteiger partial charge in [-0.2, -0.15) is 4.98 Å². The highest BCUT2D eigenvalue weighted by Gasteiger charge is 2.44. The van der Waals surface area contributed by atoms with Crippen LogP contribution in [0.15, 0.2) is 35.4 Å². The van der Waals surface area contributed by atoms with Crippen molar-refractivity contribution in [2.45, 2.75) is 69.2 Å². The molecule has 0 saturated heterocycles. The van der Waals surface area contributed by atoms with Crippen LogP contribution in [0.1, 0.15) is 36.2 Å². The molecular formula is C28H31FN6O4S2. The van der Waals surface area contributed by atoms with Crippen LogP contribution in [0.5, 0.6) is 0 Å². The molecule has 41 heavy (non-hydrogen) atoms. The van der Waals surface area contributed by atoms with Gasteiger partial charge in [0, 0.05) is 18.2 Å². The third-order valence-electron chi connectivity index (χ3n) is 7.75. The van der Waals surface area contributed by atoms with Gasteiger partial charge in [-0.15, -0.1) is 11.3 Å². The van der Waals surface area contributed by atoms with Crippen LogP contribution in [0.3, 0.4) is 0 Å². The topological polar surface area (TPSA) is 150 Å². The predicted octanol–water partition coefficient (Wildman–Crippen LogP) is 3.78. The fourth-order valence-electron chi connectivity index (χ4n) is 5.29. The van der Waals surface area contributed by atoms with Crippen molar-refractivity contribution in [3.8, 4) is 10.6 Å². The first-order valence-corrected chi connectivity index (χ1v) is 16.0. The summed E-state index contributed by atoms with van der Waals surface area (Å²) in [5.74, 6) is -0.726. The molecule has 13 heteroatoms. The first kappa shape index (κ1) is 27.9. The molecule has 4 N–H and O–H groups in total. The Morgan fingerprint density at radius 2 is 1.80 bits per heavy atom. The number of aliphatic hydroxyl groups is 2. The second-order valence-electron chi connectivity index (χ2n) is 11.0. The van der Waals surface area contributed by atoms with Crippen molar-refractivity contribution in [1.82, 2.24) is 19.9 Å². The number of sulfone groups is 1. The Bertz CT molecular complexity index is 1740. The van der Waals surface area contributed by atoms with Gasteiger partial charge in [0.05, 0.1) is 44.4 Å². The maximum absolute atomic E-state index is 13.7. The lowest BCUT2D eigenvalue weighted by molar-refractivity contribution is 0.0216. The quantitative estimate of drug-likeness (QED) is 0.221. The van der Waals surface area contributed by atoms with E-state index < -0.39 is 39.8 Å². The summed E-state index contributed by atoms with van der Waals surface area (Å²) in [5.41, 5.74) is 3.18. The van der Waals surface area contributed by atoms with E-state index in [1.165, 1.54) is 30.4 Å². The highest BCUT2D eigenvalue weighted by atomic mass is 32.2. The molecule has 0 unspecified atom stereocenters. The highest BCUT2D eigenvalue weighted by molar-refractivity contribution is 7.91. The first-order valence-electron chi connectivity index (χ1n) is 13.5. The molecule has 3 aromatic heterocycles. The van der Waals surface area contributed by atoms with E-state index >= 15 is 0 Å². The summed E-state index contributed by atoms with van der Waals surface area (Å²) in [6, 6.07) is 5.18. The summed E-state index contributed by atoms with van der Waals surface area (Å²) in [4.78, 5) is 18.6. The fraction of sp³-hybridized carbons (Fsp3) is 0.429. The number of aryl methyl sites for hydroxylation is 3. The van der Waals surface area contributed by atoms with Crippen molar-refractivity contribution in [2.24, 2.45) is 5.92 Å². The molecule has 2 aliphatic carbocycles. The maximum Gasteiger partial charge on any atom is 0.225 e. The molecule has 4 aromatic rings. The van der Waals surface area contributed by atoms with E-state index in [-0.39, 0.29) is 22.6 Å². The Balaban J connectivity index is 1.31. The molecule has 0 amide bonds. The molecule has 2 saturated carbocycles. The van der Waals surface area contributed by atoms with E-state index in [0.29, 0.717) is 34.1 Å². The van der Waals surface area contributed by atoms with Crippen LogP contribution in [-0.4, -0.2) is 68.6 Å². The standard InChI is InChI=1S/C28H31FN6O4S2/c1-13-10-18(6-7-19(13)29)41(38,39)12-16-11-20(25(37)24(16)36)33-26-22(14(2)31-28(35-26)32-17-4-5-17)27-34-23-15(3)30-9-8-21(23)40-27/h6-10,16-17,20,24-25,36-37H,4-5,11-12H2,1-3H3,(H2,31,32,33,35)/t16-,20-,24-,25+/m1/s1. The average Bonchev–Trinajstić information content (AvgIpc) is 3.56. The van der Waals surface area contributed by atoms with Gasteiger partial charge in [0.25, 0.3) is 0 Å². The number of nitrogens with zero attached hydrogens (tertiary/aromatic N) is 4. The minimum atomic E-state index is -3.84. The molecule has 2 fully saturated rings. The number of anilines is 2. The number of aliphatic hydroxyl groups excluding tert-OH is 2. The van der Waals surface area contributed by atoms with Crippen LogP contribution >= 0.6 is 11.3 Å². The molecule has 2 aliphatic rings. The minimum absolute atomic E-state index is 0.0142. The van der Waals surface area contributed by atoms with Gasteiger partial charge in [-0.3, -0.25) is 4.98 Å². The summed E-state index contributed by atoms with van der Waals surface area (Å²) < 4.78 is 41.0. The number of aromatic nitrogens is 4. The molecule has 0 bridgehead atoms. The number of pyridine rings is 1. The van der Waals surface area contributed by atoms with Gasteiger partial charge in [-0.05, 0) is 69.9 Å². The lowest BCUT2D eigenvalue weighted by Crippen LogP contribution is -2.36. The second-order valence-corrected chi connectivity index (χ2v) is 14.0. The van der Waals surface area contributed by atoms with Crippen LogP contribution in [-0.2, 0) is 9.84 Å². The van der Waals surface area contributed by atoms with E-state index in [2.05, 4.69) is 20.6 Å². The smallest absolute Gasteiger partial charge is 0.225 e. The molecule has 216 valence electrons. The molecule has 6 rings (SSSR count). The Hall–Kier alpha value is -3.26. The number of hydrogen-bond donors (Lipinski definition) is 4. The fourth-order valence-corrected chi connectivity index (χ4v) is 8.13. The van der Waals surface area contributed by atoms with E-state index in [4.69, 9.17) is 9.97 Å². The number of thiazole rings is 1. The van der Waals surface area contributed by atoms with E-state index in [0.717, 1.165) is 34.8 Å². The molecule has 1 aromatic carbocycles. The Morgan fingerprint density at radius 3 is 2.51 bits per heavy atom. The number of nitrogens with one attached hydrogen (secondary N) is 2. The SMILES string of the molecule is Cc1cc(S(=O)(=O)C[C@H]2C[C@@H](Nc3nc(NC4CC4)nc(C)c3-c3nc4c(C)nccc4s3)[C@H](O)[C@@H]2O)ccc1F. The van der Waals surface area contributed by atoms with E-state index in [9.17, 15) is 23.0 Å². The predicted molar refractivity (Wildman–Crippen MR) is 155 cm³/mol. The van der Waals surface area contributed by atoms with Gasteiger partial charge in [-0.25, -0.2) is 22.8 Å². The first-order chi connectivity index (χ1) is 19.5. The summed E-state index contributed by atoms with van der Waals surface area (Å²) in [6.07, 6.45) is 1.47. The number of fused-ring (bicyclic) bond motifs is 1. The number of benzene rings is 1. The Morgan fingerprint density at radius 1 is 1.02 bits per heavy atom. The monoisotopic (exact) mass is 598 g/mol. The normalized spacial score (nSPS) is 22.8. The maximum atomic E-state index is 13.7. The summed E-state index contributed by atoms with van der Waals surface area (Å²) in [7, 11) is -3.84. The van der Waals surface area contributed by atoms with Crippen molar-refractivity contribution in [1.29, 1.82) is 0 Å². The highest BCUT2D eigenvalue weighted by Crippen LogP contribution is 2.39. The van der Waals surface area contributed by atoms with Crippen molar-refractivity contribution in [3.05, 3.63) is 53.2 Å². The Labute approximate surface area is 241 Å². The number of rotatable bonds is 8. The van der Waals surface area contributed by atoms with Gasteiger partial charge in [0.2, 0.25) is 5.95 Å². The molecule has 10 nitrogen and oxygen atoms in total. The van der Waals surface area contributed by atoms with Crippen LogP contribution in [0.2, 0.25) is 0 Å². The zero-order valence-corrected chi connectivity index (χ0v) is 24.4. The molecule has 0 radical (unpaired) electrons. The third-order valence-corrected chi connectivity index (χ3v) is 10.6. The van der Waals surface area contributed by atoms with Crippen LogP contribution in [0.4, 0.5) is 16.2 Å². The molecule has 0 aliphatic heterocycles. The second kappa shape index (κ2) is 10.5. The molecule has 4 atom stereocenters. The van der Waals surface area contributed by atoms with Gasteiger partial charge in [0.1, 0.15) is 28.3 Å². The van der Waals surface area contributed by atoms with E-state index in [1.807, 2.05) is 19.9 Å². The van der Waals surface area contributed by atoms with E-state index in [1.54, 1.807) is 6.20 Å². The third kappa shape index (κ3) is 5.51. The molecular weight excluding hydrogens is 567 g/mol. The van der Waals surface area contributed by atoms with Crippen LogP contribution in [0.25, 0.3) is 20.8 Å². The average molecular weight is 599 g/mol. The lowest BCUT2D eigenvalue weighted by Gasteiger charge is -2.21. The summed E-state index contributed by atoms with van der Waals surface area (Å²) in [6.45, 7) is 5.27. The van der Waals surface area contributed by atoms with Gasteiger partial charge >= 0.3 is 0 Å². The van der Waals surface area contributed by atoms with Crippen molar-refractivity contribution in [3.63, 3.8) is 0 Å². The van der Waals surface area contributed by atoms with Crippen LogP contribution < -0.4 is 10.6 Å². The molecule has 3 heterocycles. The van der Waals surface area contributed by atoms with Gasteiger partial charge in [-0.1, -0.05) is 0 Å². The molecule has 0 spiro atoms. The largest absolute Gasteiger partial charge is 0.390 e. The zero-order valence-electron chi connectivity index (χ0n) is 22.8. The van der Waals surface area contributed by atoms with Gasteiger partial charge < -0.3 is 20.8 Å². The van der Waals surface area contributed by atoms with Crippen molar-refractivity contribution in [2.75, 3.05) is 16.4 Å². The minimum Gasteiger partial charge on any atom is -0.390 e. The lowest BCUT2D eigenvalue weighted by atomic mass is 10.1. The van der Waals surface area contributed by atoms with Crippen molar-refractivity contribution < 1.29 is 23.0 Å². The van der Waals surface area contributed by atoms with Crippen molar-refractivity contribution >= 4 is 43.2 Å². The zero-order chi connectivity index (χ0) is 29.1. The summed E-state index contributed by atoms with van der Waals surface area (Å²) in [5, 5.41) is 29.2.